The van der Waals surface area contributed by atoms with Crippen molar-refractivity contribution in [2.45, 2.75) is 141 Å². The van der Waals surface area contributed by atoms with Gasteiger partial charge in [0, 0.05) is 109 Å². The number of anilines is 9. The number of rotatable bonds is 40. The minimum absolute atomic E-state index is 0.0159. The van der Waals surface area contributed by atoms with Crippen LogP contribution in [0.1, 0.15) is 141 Å². The van der Waals surface area contributed by atoms with Crippen molar-refractivity contribution in [2.24, 2.45) is 0 Å². The number of benzene rings is 10. The lowest BCUT2D eigenvalue weighted by atomic mass is 10.1. The van der Waals surface area contributed by atoms with E-state index in [1.165, 1.54) is 247 Å². The van der Waals surface area contributed by atoms with Crippen molar-refractivity contribution in [2.75, 3.05) is 187 Å². The van der Waals surface area contributed by atoms with E-state index in [1.807, 2.05) is 89.8 Å². The number of ether oxygens (including phenoxy) is 6. The third-order valence-corrected chi connectivity index (χ3v) is 24.9. The fourth-order valence-corrected chi connectivity index (χ4v) is 17.0. The zero-order valence-corrected chi connectivity index (χ0v) is 85.3. The van der Waals surface area contributed by atoms with Crippen LogP contribution >= 0.6 is 39.1 Å². The number of nitrogen functional groups attached to an aromatic ring is 2. The molecule has 144 heavy (non-hydrogen) atoms. The Labute approximate surface area is 862 Å². The number of nitrogens with two attached hydrogens (primary N) is 2. The molecular weight excluding hydrogens is 1960 g/mol. The first kappa shape index (κ1) is 115. The fourth-order valence-electron chi connectivity index (χ4n) is 16.2. The normalized spacial score (nSPS) is 14.6. The summed E-state index contributed by atoms with van der Waals surface area (Å²) in [4.78, 5) is 54.5. The number of nitro benzene ring substituents is 4. The number of nitrogens with zero attached hydrogens (tertiary/aromatic N) is 10. The molecule has 6 aliphatic rings. The maximum absolute atomic E-state index is 13.4. The second-order valence-corrected chi connectivity index (χ2v) is 36.5. The van der Waals surface area contributed by atoms with Crippen molar-refractivity contribution in [3.05, 3.63) is 295 Å². The Morgan fingerprint density at radius 3 is 0.993 bits per heavy atom. The van der Waals surface area contributed by atoms with Gasteiger partial charge in [-0.1, -0.05) is 54.6 Å². The molecule has 10 aromatic rings. The molecule has 0 aliphatic carbocycles. The number of phenols is 1. The van der Waals surface area contributed by atoms with Crippen LogP contribution in [0.5, 0.6) is 40.2 Å². The van der Waals surface area contributed by atoms with Crippen molar-refractivity contribution in [3.63, 3.8) is 0 Å². The second-order valence-electron chi connectivity index (χ2n) is 35.0. The van der Waals surface area contributed by atoms with Gasteiger partial charge in [0.2, 0.25) is 0 Å². The summed E-state index contributed by atoms with van der Waals surface area (Å²) >= 11 is 14.0. The number of halogens is 6. The van der Waals surface area contributed by atoms with E-state index in [1.54, 1.807) is 48.5 Å². The number of fused-ring (bicyclic) bond motifs is 1. The van der Waals surface area contributed by atoms with Gasteiger partial charge in [0.25, 0.3) is 22.7 Å². The van der Waals surface area contributed by atoms with Crippen molar-refractivity contribution in [1.82, 2.24) is 24.5 Å². The molecule has 6 heterocycles. The summed E-state index contributed by atoms with van der Waals surface area (Å²) in [7, 11) is 0. The molecule has 16 rings (SSSR count). The molecule has 30 nitrogen and oxygen atoms in total. The minimum Gasteiger partial charge on any atom is -0.508 e. The van der Waals surface area contributed by atoms with E-state index in [9.17, 15) is 53.6 Å². The van der Waals surface area contributed by atoms with Gasteiger partial charge in [-0.15, -0.1) is 23.2 Å². The van der Waals surface area contributed by atoms with E-state index in [-0.39, 0.29) is 45.8 Å². The van der Waals surface area contributed by atoms with E-state index in [0.29, 0.717) is 60.1 Å². The molecule has 36 heteroatoms. The predicted molar refractivity (Wildman–Crippen MR) is 575 cm³/mol. The Morgan fingerprint density at radius 1 is 0.368 bits per heavy atom. The monoisotopic (exact) mass is 2090 g/mol. The number of hydrogen-bond donors (Lipinski definition) is 6. The number of hydrogen-bond acceptors (Lipinski definition) is 26. The number of non-ortho nitro benzene ring substituents is 3. The quantitative estimate of drug-likeness (QED) is 0.00683. The van der Waals surface area contributed by atoms with Crippen LogP contribution in [-0.2, 0) is 0 Å². The molecule has 0 aromatic heterocycles. The summed E-state index contributed by atoms with van der Waals surface area (Å²) in [5.74, 6) is 5.55. The summed E-state index contributed by atoms with van der Waals surface area (Å²) in [6.07, 6.45) is 27.1. The predicted octanol–water partition coefficient (Wildman–Crippen LogP) is 25.5. The van der Waals surface area contributed by atoms with Crippen molar-refractivity contribution < 1.29 is 66.4 Å². The first-order valence-corrected chi connectivity index (χ1v) is 51.9. The summed E-state index contributed by atoms with van der Waals surface area (Å²) in [6, 6.07) is 60.3. The highest BCUT2D eigenvalue weighted by atomic mass is 79.9. The van der Waals surface area contributed by atoms with Crippen LogP contribution in [-0.4, -0.2) is 204 Å². The van der Waals surface area contributed by atoms with Gasteiger partial charge in [0.1, 0.15) is 69.2 Å². The van der Waals surface area contributed by atoms with E-state index in [2.05, 4.69) is 63.0 Å². The number of likely N-dealkylation sites (tertiary alicyclic amines) is 5. The number of phenolic OH excluding ortho intramolecular Hbond substituents is 1. The van der Waals surface area contributed by atoms with Crippen LogP contribution in [0.3, 0.4) is 0 Å². The van der Waals surface area contributed by atoms with Crippen molar-refractivity contribution >= 4 is 113 Å². The molecule has 5 fully saturated rings. The fraction of sp³-hybridized carbons (Fsp3) is 0.426. The van der Waals surface area contributed by atoms with Gasteiger partial charge in [0.05, 0.1) is 88.2 Å². The van der Waals surface area contributed by atoms with Gasteiger partial charge in [0.15, 0.2) is 0 Å². The Kier molecular flexibility index (Phi) is 53.2. The van der Waals surface area contributed by atoms with Gasteiger partial charge in [-0.05, 0) is 357 Å². The molecular formula is C108H139BrCl2F3N15O15. The molecule has 0 amide bonds. The summed E-state index contributed by atoms with van der Waals surface area (Å²) < 4.78 is 73.7. The summed E-state index contributed by atoms with van der Waals surface area (Å²) in [5, 5.41) is 60.9. The number of alkyl halides is 3. The van der Waals surface area contributed by atoms with E-state index < -0.39 is 25.5 Å². The lowest BCUT2D eigenvalue weighted by molar-refractivity contribution is -0.385. The highest BCUT2D eigenvalue weighted by molar-refractivity contribution is 9.09. The molecule has 10 aromatic carbocycles. The lowest BCUT2D eigenvalue weighted by Crippen LogP contribution is -2.31. The number of nitro groups is 4. The van der Waals surface area contributed by atoms with Gasteiger partial charge in [-0.3, -0.25) is 45.4 Å². The standard InChI is InChI=1S/C22H26FN3O.C20H24FN3O3.C20H26FN3O.C14H20N2O3.C14H22N2O.C9H10ClNO3.C6H5NO3.C3H6BrCl/c1-17-24-21-16-18(23)6-11-22(21)26(17)19-7-9-20(10-8-19)27-15-5-14-25-12-3-2-4-13-25;21-16-5-10-19(20(15-16)24(25)26)22-17-6-8-18(9-7-17)27-14-4-13-23-11-2-1-3-12-23;21-16-5-10-20(19(22)15-16)23-17-6-8-18(9-7-17)25-14-4-13-24-11-2-1-3-12-24;17-16(18)13-5-7-14(8-6-13)19-12-4-11-15-9-2-1-3-10-15;15-13-5-7-14(8-6-13)17-12-4-11-16-9-2-1-3-10-16;10-6-1-7-14-9-4-2-8(3-5-9)11(12)13;8-6-3-1-5(2-4-6)7(9)10;4-2-1-3-5/h6-11,16,24H,1-5,12-15H2;5-10,15,22H,1-4,11-14H2;5-10,15,23H,1-4,11-14,22H2;5-8H,1-4,9-12H2;5-8H,1-4,9-12,15H2;2-5H,1,6-7H2;1-4,8H;1-3H2. The molecule has 6 aliphatic heterocycles. The van der Waals surface area contributed by atoms with Gasteiger partial charge in [-0.25, -0.2) is 13.2 Å². The zero-order chi connectivity index (χ0) is 103. The Balaban J connectivity index is 0.000000189. The summed E-state index contributed by atoms with van der Waals surface area (Å²) in [6.45, 7) is 25.9. The van der Waals surface area contributed by atoms with Crippen LogP contribution in [0.2, 0.25) is 0 Å². The average Bonchev–Trinajstić information content (AvgIpc) is 1.68. The minimum atomic E-state index is -0.638. The Morgan fingerprint density at radius 2 is 0.667 bits per heavy atom. The second kappa shape index (κ2) is 66.5. The van der Waals surface area contributed by atoms with Crippen molar-refractivity contribution in [3.8, 4) is 40.2 Å². The first-order chi connectivity index (χ1) is 70.0. The molecule has 0 bridgehead atoms. The largest absolute Gasteiger partial charge is 0.508 e. The molecule has 0 saturated carbocycles. The van der Waals surface area contributed by atoms with Crippen LogP contribution in [0.25, 0.3) is 0 Å². The van der Waals surface area contributed by atoms with E-state index in [0.717, 1.165) is 166 Å². The van der Waals surface area contributed by atoms with Gasteiger partial charge < -0.3 is 85.4 Å². The van der Waals surface area contributed by atoms with Gasteiger partial charge >= 0.3 is 0 Å². The number of piperidine rings is 5. The smallest absolute Gasteiger partial charge is 0.295 e. The molecule has 778 valence electrons. The molecule has 0 spiro atoms. The zero-order valence-electron chi connectivity index (χ0n) is 82.2. The Bertz CT molecular complexity index is 5350. The van der Waals surface area contributed by atoms with Crippen LogP contribution in [0, 0.1) is 57.9 Å². The maximum Gasteiger partial charge on any atom is 0.295 e. The lowest BCUT2D eigenvalue weighted by Gasteiger charge is -2.26. The maximum atomic E-state index is 13.4. The van der Waals surface area contributed by atoms with Crippen molar-refractivity contribution in [1.29, 1.82) is 0 Å². The molecule has 8 N–H and O–H groups in total. The summed E-state index contributed by atoms with van der Waals surface area (Å²) in [5.41, 5.74) is 17.5. The number of nitrogens with one attached hydrogen (secondary N) is 3. The highest BCUT2D eigenvalue weighted by Crippen LogP contribution is 2.42. The van der Waals surface area contributed by atoms with Crippen LogP contribution in [0.4, 0.5) is 87.1 Å². The first-order valence-electron chi connectivity index (χ1n) is 49.7. The molecule has 0 radical (unpaired) electrons. The van der Waals surface area contributed by atoms with Crippen LogP contribution < -0.4 is 60.7 Å². The highest BCUT2D eigenvalue weighted by Gasteiger charge is 2.26. The number of aromatic hydroxyl groups is 1. The molecule has 0 unspecified atom stereocenters. The SMILES string of the molecule is C=C1Nc2cc(F)ccc2N1c1ccc(OCCCN2CCCCC2)cc1.ClCCCBr.Nc1cc(F)ccc1Nc1ccc(OCCCN2CCCCC2)cc1.Nc1ccc(OCCCN2CCCCC2)cc1.O=[N+]([O-])c1cc(F)ccc1Nc1ccc(OCCCN2CCCCC2)cc1.O=[N+]([O-])c1ccc(O)cc1.O=[N+]([O-])c1ccc(OCCCCl)cc1.O=[N+]([O-])c1ccc(OCCCN2CCCCC2)cc1. The van der Waals surface area contributed by atoms with Crippen LogP contribution in [0.15, 0.2) is 237 Å². The third-order valence-electron chi connectivity index (χ3n) is 23.8. The average molecular weight is 2100 g/mol. The van der Waals surface area contributed by atoms with Gasteiger partial charge in [-0.2, -0.15) is 0 Å². The molecule has 0 atom stereocenters. The topological polar surface area (TPSA) is 356 Å². The Hall–Kier alpha value is -12.4. The third kappa shape index (κ3) is 44.8. The van der Waals surface area contributed by atoms with E-state index >= 15 is 0 Å². The molecule has 5 saturated heterocycles. The van der Waals surface area contributed by atoms with E-state index in [4.69, 9.17) is 68.2 Å².